The van der Waals surface area contributed by atoms with Gasteiger partial charge in [-0.2, -0.15) is 0 Å². The third-order valence-corrected chi connectivity index (χ3v) is 2.63. The van der Waals surface area contributed by atoms with Gasteiger partial charge in [0.1, 0.15) is 18.1 Å². The van der Waals surface area contributed by atoms with Crippen molar-refractivity contribution in [3.63, 3.8) is 0 Å². The summed E-state index contributed by atoms with van der Waals surface area (Å²) in [5.41, 5.74) is 2.33. The number of phenolic OH excluding ortho intramolecular Hbond substituents is 1. The molecule has 18 heavy (non-hydrogen) atoms. The average molecular weight is 244 g/mol. The summed E-state index contributed by atoms with van der Waals surface area (Å²) in [6.45, 7) is 0.340. The van der Waals surface area contributed by atoms with Gasteiger partial charge in [0.25, 0.3) is 0 Å². The Bertz CT molecular complexity index is 474. The highest BCUT2D eigenvalue weighted by Gasteiger charge is 1.98. The van der Waals surface area contributed by atoms with Gasteiger partial charge in [-0.3, -0.25) is 0 Å². The van der Waals surface area contributed by atoms with Gasteiger partial charge in [-0.05, 0) is 41.8 Å². The van der Waals surface area contributed by atoms with E-state index in [0.717, 1.165) is 17.7 Å². The molecule has 0 unspecified atom stereocenters. The fourth-order valence-electron chi connectivity index (χ4n) is 1.72. The fourth-order valence-corrected chi connectivity index (χ4v) is 1.72. The molecule has 2 aromatic rings. The zero-order chi connectivity index (χ0) is 12.8. The predicted molar refractivity (Wildman–Crippen MR) is 69.9 cm³/mol. The second-order valence-electron chi connectivity index (χ2n) is 4.06. The van der Waals surface area contributed by atoms with Crippen LogP contribution >= 0.6 is 0 Å². The Morgan fingerprint density at radius 2 is 1.39 bits per heavy atom. The number of aliphatic hydroxyl groups is 1. The molecule has 0 atom stereocenters. The standard InChI is InChI=1S/C15H16O3/c16-9-10-18-15-7-3-13(4-8-15)11-12-1-5-14(17)6-2-12/h1-8,16-17H,9-11H2. The third kappa shape index (κ3) is 3.50. The quantitative estimate of drug-likeness (QED) is 0.848. The lowest BCUT2D eigenvalue weighted by atomic mass is 10.0. The van der Waals surface area contributed by atoms with Crippen LogP contribution in [0.25, 0.3) is 0 Å². The zero-order valence-corrected chi connectivity index (χ0v) is 10.0. The van der Waals surface area contributed by atoms with Crippen molar-refractivity contribution in [2.45, 2.75) is 6.42 Å². The Hall–Kier alpha value is -2.00. The van der Waals surface area contributed by atoms with Crippen molar-refractivity contribution in [2.24, 2.45) is 0 Å². The van der Waals surface area contributed by atoms with E-state index >= 15 is 0 Å². The Labute approximate surface area is 106 Å². The summed E-state index contributed by atoms with van der Waals surface area (Å²) in [6.07, 6.45) is 0.820. The molecular formula is C15H16O3. The van der Waals surface area contributed by atoms with E-state index < -0.39 is 0 Å². The Morgan fingerprint density at radius 1 is 0.833 bits per heavy atom. The molecule has 2 N–H and O–H groups in total. The van der Waals surface area contributed by atoms with Gasteiger partial charge in [-0.1, -0.05) is 24.3 Å². The SMILES string of the molecule is OCCOc1ccc(Cc2ccc(O)cc2)cc1. The van der Waals surface area contributed by atoms with E-state index in [1.54, 1.807) is 12.1 Å². The molecule has 0 saturated heterocycles. The van der Waals surface area contributed by atoms with Gasteiger partial charge in [0.05, 0.1) is 6.61 Å². The number of ether oxygens (including phenoxy) is 1. The number of phenols is 1. The molecule has 3 nitrogen and oxygen atoms in total. The average Bonchev–Trinajstić information content (AvgIpc) is 2.41. The van der Waals surface area contributed by atoms with Crippen LogP contribution in [0.1, 0.15) is 11.1 Å². The molecule has 0 amide bonds. The molecule has 0 aromatic heterocycles. The van der Waals surface area contributed by atoms with Crippen LogP contribution in [0.15, 0.2) is 48.5 Å². The second-order valence-corrected chi connectivity index (χ2v) is 4.06. The van der Waals surface area contributed by atoms with Crippen LogP contribution in [0.5, 0.6) is 11.5 Å². The maximum atomic E-state index is 9.20. The summed E-state index contributed by atoms with van der Waals surface area (Å²) >= 11 is 0. The van der Waals surface area contributed by atoms with Crippen molar-refractivity contribution in [3.05, 3.63) is 59.7 Å². The minimum atomic E-state index is 0.0231. The summed E-state index contributed by atoms with van der Waals surface area (Å²) in [4.78, 5) is 0. The second kappa shape index (κ2) is 6.07. The van der Waals surface area contributed by atoms with Gasteiger partial charge in [0.15, 0.2) is 0 Å². The minimum Gasteiger partial charge on any atom is -0.508 e. The van der Waals surface area contributed by atoms with E-state index in [1.165, 1.54) is 5.56 Å². The molecule has 0 bridgehead atoms. The largest absolute Gasteiger partial charge is 0.508 e. The van der Waals surface area contributed by atoms with Crippen molar-refractivity contribution in [2.75, 3.05) is 13.2 Å². The molecule has 2 aromatic carbocycles. The van der Waals surface area contributed by atoms with Crippen LogP contribution in [-0.2, 0) is 6.42 Å². The molecule has 94 valence electrons. The van der Waals surface area contributed by atoms with Crippen molar-refractivity contribution in [1.82, 2.24) is 0 Å². The Kier molecular flexibility index (Phi) is 4.20. The molecule has 0 saturated carbocycles. The normalized spacial score (nSPS) is 10.3. The van der Waals surface area contributed by atoms with E-state index in [1.807, 2.05) is 36.4 Å². The first-order valence-corrected chi connectivity index (χ1v) is 5.88. The van der Waals surface area contributed by atoms with Gasteiger partial charge in [-0.15, -0.1) is 0 Å². The first-order chi connectivity index (χ1) is 8.78. The summed E-state index contributed by atoms with van der Waals surface area (Å²) < 4.78 is 5.29. The van der Waals surface area contributed by atoms with E-state index in [-0.39, 0.29) is 12.4 Å². The monoisotopic (exact) mass is 244 g/mol. The molecular weight excluding hydrogens is 228 g/mol. The predicted octanol–water partition coefficient (Wildman–Crippen LogP) is 2.35. The molecule has 3 heteroatoms. The fraction of sp³-hybridized carbons (Fsp3) is 0.200. The van der Waals surface area contributed by atoms with E-state index in [0.29, 0.717) is 6.61 Å². The van der Waals surface area contributed by atoms with Crippen molar-refractivity contribution in [3.8, 4) is 11.5 Å². The topological polar surface area (TPSA) is 49.7 Å². The van der Waals surface area contributed by atoms with Gasteiger partial charge in [0.2, 0.25) is 0 Å². The summed E-state index contributed by atoms with van der Waals surface area (Å²) in [7, 11) is 0. The molecule has 0 aliphatic rings. The number of benzene rings is 2. The maximum Gasteiger partial charge on any atom is 0.119 e. The number of aromatic hydroxyl groups is 1. The van der Waals surface area contributed by atoms with Crippen LogP contribution in [-0.4, -0.2) is 23.4 Å². The lowest BCUT2D eigenvalue weighted by molar-refractivity contribution is 0.201. The molecule has 0 heterocycles. The number of hydrogen-bond acceptors (Lipinski definition) is 3. The van der Waals surface area contributed by atoms with Crippen LogP contribution in [0.2, 0.25) is 0 Å². The number of hydrogen-bond donors (Lipinski definition) is 2. The zero-order valence-electron chi connectivity index (χ0n) is 10.0. The summed E-state index contributed by atoms with van der Waals surface area (Å²) in [5, 5.41) is 17.9. The van der Waals surface area contributed by atoms with E-state index in [2.05, 4.69) is 0 Å². The highest BCUT2D eigenvalue weighted by Crippen LogP contribution is 2.17. The first-order valence-electron chi connectivity index (χ1n) is 5.88. The van der Waals surface area contributed by atoms with Crippen molar-refractivity contribution >= 4 is 0 Å². The van der Waals surface area contributed by atoms with Crippen molar-refractivity contribution in [1.29, 1.82) is 0 Å². The maximum absolute atomic E-state index is 9.20. The molecule has 0 radical (unpaired) electrons. The lowest BCUT2D eigenvalue weighted by Gasteiger charge is -2.06. The molecule has 0 spiro atoms. The van der Waals surface area contributed by atoms with Gasteiger partial charge >= 0.3 is 0 Å². The molecule has 2 rings (SSSR count). The summed E-state index contributed by atoms with van der Waals surface area (Å²) in [5.74, 6) is 1.05. The Morgan fingerprint density at radius 3 is 1.94 bits per heavy atom. The third-order valence-electron chi connectivity index (χ3n) is 2.63. The summed E-state index contributed by atoms with van der Waals surface area (Å²) in [6, 6.07) is 15.0. The lowest BCUT2D eigenvalue weighted by Crippen LogP contribution is -2.01. The van der Waals surface area contributed by atoms with Crippen LogP contribution in [0.3, 0.4) is 0 Å². The van der Waals surface area contributed by atoms with Crippen LogP contribution in [0, 0.1) is 0 Å². The van der Waals surface area contributed by atoms with E-state index in [9.17, 15) is 5.11 Å². The van der Waals surface area contributed by atoms with Crippen LogP contribution in [0.4, 0.5) is 0 Å². The molecule has 0 aliphatic carbocycles. The number of rotatable bonds is 5. The number of aliphatic hydroxyl groups excluding tert-OH is 1. The van der Waals surface area contributed by atoms with Crippen LogP contribution < -0.4 is 4.74 Å². The molecule has 0 fully saturated rings. The minimum absolute atomic E-state index is 0.0231. The van der Waals surface area contributed by atoms with Gasteiger partial charge in [0, 0.05) is 0 Å². The van der Waals surface area contributed by atoms with Crippen molar-refractivity contribution < 1.29 is 14.9 Å². The van der Waals surface area contributed by atoms with Gasteiger partial charge < -0.3 is 14.9 Å². The first kappa shape index (κ1) is 12.5. The van der Waals surface area contributed by atoms with E-state index in [4.69, 9.17) is 9.84 Å². The Balaban J connectivity index is 1.99. The molecule has 0 aliphatic heterocycles. The highest BCUT2D eigenvalue weighted by atomic mass is 16.5. The highest BCUT2D eigenvalue weighted by molar-refractivity contribution is 5.33. The smallest absolute Gasteiger partial charge is 0.119 e. The van der Waals surface area contributed by atoms with Gasteiger partial charge in [-0.25, -0.2) is 0 Å².